The maximum atomic E-state index is 11.6. The summed E-state index contributed by atoms with van der Waals surface area (Å²) >= 11 is 0. The molecule has 2 N–H and O–H groups in total. The summed E-state index contributed by atoms with van der Waals surface area (Å²) in [6.45, 7) is 3.88. The number of carbonyl (C=O) groups excluding carboxylic acids is 1. The molecule has 2 aromatic rings. The topological polar surface area (TPSA) is 74.4 Å². The molecule has 0 spiro atoms. The molecule has 0 aliphatic rings. The number of hydrogen-bond donors (Lipinski definition) is 1. The number of rotatable bonds is 3. The van der Waals surface area contributed by atoms with E-state index in [1.165, 1.54) is 13.3 Å². The molecular weight excluding hydrogens is 244 g/mol. The minimum atomic E-state index is -0.498. The van der Waals surface area contributed by atoms with Crippen molar-refractivity contribution in [2.24, 2.45) is 0 Å². The molecule has 5 nitrogen and oxygen atoms in total. The largest absolute Gasteiger partial charge is 0.491 e. The second-order valence-corrected chi connectivity index (χ2v) is 4.42. The zero-order valence-electron chi connectivity index (χ0n) is 11.1. The Morgan fingerprint density at radius 2 is 2.11 bits per heavy atom. The van der Waals surface area contributed by atoms with E-state index < -0.39 is 5.97 Å². The minimum absolute atomic E-state index is 0.0652. The molecule has 0 saturated heterocycles. The zero-order chi connectivity index (χ0) is 14.0. The fourth-order valence-corrected chi connectivity index (χ4v) is 1.81. The number of nitrogen functional groups attached to an aromatic ring is 1. The van der Waals surface area contributed by atoms with Crippen LogP contribution in [-0.2, 0) is 4.74 Å². The van der Waals surface area contributed by atoms with Gasteiger partial charge in [0.2, 0.25) is 0 Å². The molecule has 1 aromatic heterocycles. The maximum absolute atomic E-state index is 11.6. The summed E-state index contributed by atoms with van der Waals surface area (Å²) in [5.41, 5.74) is 7.32. The van der Waals surface area contributed by atoms with E-state index in [1.807, 2.05) is 26.0 Å². The Hall–Kier alpha value is -2.30. The highest BCUT2D eigenvalue weighted by atomic mass is 16.5. The van der Waals surface area contributed by atoms with Gasteiger partial charge in [0.15, 0.2) is 0 Å². The van der Waals surface area contributed by atoms with Crippen molar-refractivity contribution in [3.05, 3.63) is 30.0 Å². The molecule has 2 rings (SSSR count). The van der Waals surface area contributed by atoms with Crippen LogP contribution in [0.25, 0.3) is 10.9 Å². The summed E-state index contributed by atoms with van der Waals surface area (Å²) in [5.74, 6) is 0.195. The molecule has 1 aromatic carbocycles. The number of nitrogens with zero attached hydrogens (tertiary/aromatic N) is 1. The van der Waals surface area contributed by atoms with Crippen molar-refractivity contribution in [1.82, 2.24) is 4.98 Å². The number of nitrogens with two attached hydrogens (primary N) is 1. The van der Waals surface area contributed by atoms with E-state index in [-0.39, 0.29) is 11.7 Å². The highest BCUT2D eigenvalue weighted by molar-refractivity contribution is 6.04. The number of benzene rings is 1. The number of carbonyl (C=O) groups is 1. The van der Waals surface area contributed by atoms with Crippen LogP contribution >= 0.6 is 0 Å². The number of aromatic nitrogens is 1. The average Bonchev–Trinajstić information content (AvgIpc) is 2.38. The van der Waals surface area contributed by atoms with Crippen molar-refractivity contribution in [2.45, 2.75) is 20.0 Å². The van der Waals surface area contributed by atoms with Crippen LogP contribution in [-0.4, -0.2) is 24.2 Å². The van der Waals surface area contributed by atoms with Crippen LogP contribution < -0.4 is 10.5 Å². The van der Waals surface area contributed by atoms with Crippen molar-refractivity contribution >= 4 is 22.6 Å². The molecule has 0 aliphatic carbocycles. The summed E-state index contributed by atoms with van der Waals surface area (Å²) in [6.07, 6.45) is 1.49. The lowest BCUT2D eigenvalue weighted by Gasteiger charge is -2.12. The van der Waals surface area contributed by atoms with Gasteiger partial charge in [-0.2, -0.15) is 0 Å². The number of methoxy groups -OCH3 is 1. The Morgan fingerprint density at radius 3 is 2.74 bits per heavy atom. The van der Waals surface area contributed by atoms with Gasteiger partial charge in [0.1, 0.15) is 11.3 Å². The van der Waals surface area contributed by atoms with E-state index in [0.717, 1.165) is 0 Å². The third-order valence-electron chi connectivity index (χ3n) is 2.66. The highest BCUT2D eigenvalue weighted by Gasteiger charge is 2.14. The lowest BCUT2D eigenvalue weighted by Crippen LogP contribution is -2.08. The van der Waals surface area contributed by atoms with E-state index in [1.54, 1.807) is 6.07 Å². The number of pyridine rings is 1. The first kappa shape index (κ1) is 13.1. The van der Waals surface area contributed by atoms with Crippen LogP contribution in [0.5, 0.6) is 5.75 Å². The quantitative estimate of drug-likeness (QED) is 0.858. The molecule has 0 unspecified atom stereocenters. The van der Waals surface area contributed by atoms with Gasteiger partial charge < -0.3 is 15.2 Å². The van der Waals surface area contributed by atoms with Crippen LogP contribution in [0.1, 0.15) is 24.2 Å². The molecule has 0 bridgehead atoms. The number of ether oxygens (including phenoxy) is 2. The molecule has 0 radical (unpaired) electrons. The fourth-order valence-electron chi connectivity index (χ4n) is 1.81. The van der Waals surface area contributed by atoms with Crippen molar-refractivity contribution in [1.29, 1.82) is 0 Å². The van der Waals surface area contributed by atoms with E-state index in [0.29, 0.717) is 22.3 Å². The van der Waals surface area contributed by atoms with E-state index in [9.17, 15) is 4.79 Å². The van der Waals surface area contributed by atoms with E-state index >= 15 is 0 Å². The van der Waals surface area contributed by atoms with E-state index in [4.69, 9.17) is 10.5 Å². The molecule has 0 atom stereocenters. The molecule has 0 fully saturated rings. The summed E-state index contributed by atoms with van der Waals surface area (Å²) < 4.78 is 10.3. The molecule has 0 saturated carbocycles. The Bertz CT molecular complexity index is 623. The second-order valence-electron chi connectivity index (χ2n) is 4.42. The lowest BCUT2D eigenvalue weighted by atomic mass is 10.1. The van der Waals surface area contributed by atoms with Crippen molar-refractivity contribution in [3.63, 3.8) is 0 Å². The van der Waals surface area contributed by atoms with Gasteiger partial charge in [0.25, 0.3) is 0 Å². The summed E-state index contributed by atoms with van der Waals surface area (Å²) in [5, 5.41) is 0.682. The highest BCUT2D eigenvalue weighted by Crippen LogP contribution is 2.27. The van der Waals surface area contributed by atoms with Crippen LogP contribution in [0.3, 0.4) is 0 Å². The minimum Gasteiger partial charge on any atom is -0.491 e. The predicted molar refractivity (Wildman–Crippen MR) is 73.3 cm³/mol. The Morgan fingerprint density at radius 1 is 1.37 bits per heavy atom. The monoisotopic (exact) mass is 260 g/mol. The molecular formula is C14H16N2O3. The molecule has 0 aliphatic heterocycles. The van der Waals surface area contributed by atoms with Gasteiger partial charge in [0, 0.05) is 11.6 Å². The third kappa shape index (κ3) is 2.59. The first-order valence-electron chi connectivity index (χ1n) is 5.96. The van der Waals surface area contributed by atoms with Crippen LogP contribution in [0.15, 0.2) is 24.4 Å². The average molecular weight is 260 g/mol. The molecule has 100 valence electrons. The standard InChI is InChI=1S/C14H16N2O3/c1-8(2)19-9-4-5-12-10(6-9)13(15)11(7-16-12)14(17)18-3/h4-8H,1-3H3,(H2,15,16). The van der Waals surface area contributed by atoms with Crippen LogP contribution in [0.4, 0.5) is 5.69 Å². The van der Waals surface area contributed by atoms with Gasteiger partial charge in [-0.1, -0.05) is 0 Å². The molecule has 1 heterocycles. The number of esters is 1. The van der Waals surface area contributed by atoms with Gasteiger partial charge >= 0.3 is 5.97 Å². The van der Waals surface area contributed by atoms with Crippen LogP contribution in [0.2, 0.25) is 0 Å². The predicted octanol–water partition coefficient (Wildman–Crippen LogP) is 2.39. The molecule has 19 heavy (non-hydrogen) atoms. The normalized spacial score (nSPS) is 10.7. The molecule has 0 amide bonds. The third-order valence-corrected chi connectivity index (χ3v) is 2.66. The number of anilines is 1. The first-order valence-corrected chi connectivity index (χ1v) is 5.96. The first-order chi connectivity index (χ1) is 9.02. The van der Waals surface area contributed by atoms with E-state index in [2.05, 4.69) is 9.72 Å². The zero-order valence-corrected chi connectivity index (χ0v) is 11.1. The Balaban J connectivity index is 2.55. The van der Waals surface area contributed by atoms with Gasteiger partial charge in [-0.3, -0.25) is 4.98 Å². The van der Waals surface area contributed by atoms with Crippen molar-refractivity contribution < 1.29 is 14.3 Å². The maximum Gasteiger partial charge on any atom is 0.341 e. The summed E-state index contributed by atoms with van der Waals surface area (Å²) in [6, 6.07) is 5.42. The van der Waals surface area contributed by atoms with Gasteiger partial charge in [0.05, 0.1) is 24.4 Å². The Kier molecular flexibility index (Phi) is 3.55. The SMILES string of the molecule is COC(=O)c1cnc2ccc(OC(C)C)cc2c1N. The number of hydrogen-bond acceptors (Lipinski definition) is 5. The lowest BCUT2D eigenvalue weighted by molar-refractivity contribution is 0.0601. The Labute approximate surface area is 111 Å². The summed E-state index contributed by atoms with van der Waals surface area (Å²) in [4.78, 5) is 15.8. The van der Waals surface area contributed by atoms with Gasteiger partial charge in [-0.15, -0.1) is 0 Å². The van der Waals surface area contributed by atoms with Crippen molar-refractivity contribution in [2.75, 3.05) is 12.8 Å². The van der Waals surface area contributed by atoms with Crippen molar-refractivity contribution in [3.8, 4) is 5.75 Å². The van der Waals surface area contributed by atoms with Gasteiger partial charge in [-0.25, -0.2) is 4.79 Å². The fraction of sp³-hybridized carbons (Fsp3) is 0.286. The van der Waals surface area contributed by atoms with Gasteiger partial charge in [-0.05, 0) is 32.0 Å². The van der Waals surface area contributed by atoms with Crippen LogP contribution in [0, 0.1) is 0 Å². The summed E-state index contributed by atoms with van der Waals surface area (Å²) in [7, 11) is 1.31. The smallest absolute Gasteiger partial charge is 0.341 e. The second kappa shape index (κ2) is 5.14. The molecule has 5 heteroatoms. The number of fused-ring (bicyclic) bond motifs is 1.